The van der Waals surface area contributed by atoms with Crippen molar-refractivity contribution in [2.24, 2.45) is 11.3 Å². The third kappa shape index (κ3) is 1.22. The van der Waals surface area contributed by atoms with E-state index < -0.39 is 28.9 Å². The van der Waals surface area contributed by atoms with Crippen LogP contribution in [0.25, 0.3) is 0 Å². The van der Waals surface area contributed by atoms with Crippen molar-refractivity contribution >= 4 is 17.9 Å². The average molecular weight is 226 g/mol. The summed E-state index contributed by atoms with van der Waals surface area (Å²) < 4.78 is 0. The summed E-state index contributed by atoms with van der Waals surface area (Å²) in [6, 6.07) is -0.536. The smallest absolute Gasteiger partial charge is 0.322 e. The van der Waals surface area contributed by atoms with E-state index in [0.717, 1.165) is 0 Å². The van der Waals surface area contributed by atoms with Gasteiger partial charge in [-0.1, -0.05) is 6.92 Å². The number of nitrogens with one attached hydrogen (secondary N) is 2. The predicted molar refractivity (Wildman–Crippen MR) is 53.5 cm³/mol. The zero-order chi connectivity index (χ0) is 12.1. The second kappa shape index (κ2) is 2.96. The molecule has 0 aromatic carbocycles. The summed E-state index contributed by atoms with van der Waals surface area (Å²) in [6.45, 7) is 3.40. The SMILES string of the molecule is C[C@H]1C[C@](C)(C(=O)O)C[C@@]12NC(=O)NC2=O. The molecule has 3 amide bonds. The van der Waals surface area contributed by atoms with Crippen molar-refractivity contribution < 1.29 is 19.5 Å². The van der Waals surface area contributed by atoms with Crippen LogP contribution in [-0.4, -0.2) is 28.6 Å². The fourth-order valence-electron chi connectivity index (χ4n) is 2.85. The van der Waals surface area contributed by atoms with Gasteiger partial charge in [-0.05, 0) is 25.7 Å². The Balaban J connectivity index is 2.35. The van der Waals surface area contributed by atoms with Gasteiger partial charge in [0.15, 0.2) is 0 Å². The molecule has 0 aromatic rings. The molecule has 0 aromatic heterocycles. The first-order valence-corrected chi connectivity index (χ1v) is 5.17. The molecule has 1 aliphatic carbocycles. The second-order valence-corrected chi connectivity index (χ2v) is 5.03. The lowest BCUT2D eigenvalue weighted by Crippen LogP contribution is -2.49. The van der Waals surface area contributed by atoms with Crippen molar-refractivity contribution in [1.29, 1.82) is 0 Å². The van der Waals surface area contributed by atoms with E-state index in [9.17, 15) is 14.4 Å². The molecule has 16 heavy (non-hydrogen) atoms. The van der Waals surface area contributed by atoms with E-state index in [1.807, 2.05) is 0 Å². The van der Waals surface area contributed by atoms with Gasteiger partial charge in [0, 0.05) is 0 Å². The highest BCUT2D eigenvalue weighted by molar-refractivity contribution is 6.07. The van der Waals surface area contributed by atoms with Gasteiger partial charge in [0.05, 0.1) is 5.41 Å². The lowest BCUT2D eigenvalue weighted by Gasteiger charge is -2.25. The molecule has 6 nitrogen and oxygen atoms in total. The van der Waals surface area contributed by atoms with Gasteiger partial charge in [0.2, 0.25) is 0 Å². The number of carboxylic acids is 1. The van der Waals surface area contributed by atoms with Gasteiger partial charge >= 0.3 is 12.0 Å². The Bertz CT molecular complexity index is 394. The fourth-order valence-corrected chi connectivity index (χ4v) is 2.85. The van der Waals surface area contributed by atoms with Crippen LogP contribution in [0.3, 0.4) is 0 Å². The van der Waals surface area contributed by atoms with E-state index in [1.54, 1.807) is 13.8 Å². The minimum absolute atomic E-state index is 0.147. The summed E-state index contributed by atoms with van der Waals surface area (Å²) in [6.07, 6.45) is 0.532. The van der Waals surface area contributed by atoms with Crippen LogP contribution in [0.2, 0.25) is 0 Å². The molecular formula is C10H14N2O4. The molecule has 1 saturated heterocycles. The van der Waals surface area contributed by atoms with Gasteiger partial charge in [-0.25, -0.2) is 4.79 Å². The Labute approximate surface area is 92.4 Å². The number of rotatable bonds is 1. The largest absolute Gasteiger partial charge is 0.481 e. The van der Waals surface area contributed by atoms with E-state index >= 15 is 0 Å². The second-order valence-electron chi connectivity index (χ2n) is 5.03. The van der Waals surface area contributed by atoms with Crippen LogP contribution in [0.5, 0.6) is 0 Å². The number of imide groups is 1. The summed E-state index contributed by atoms with van der Waals surface area (Å²) in [5, 5.41) is 13.9. The third-order valence-corrected chi connectivity index (χ3v) is 3.75. The lowest BCUT2D eigenvalue weighted by molar-refractivity contribution is -0.147. The van der Waals surface area contributed by atoms with Crippen LogP contribution in [0, 0.1) is 11.3 Å². The van der Waals surface area contributed by atoms with Gasteiger partial charge in [0.25, 0.3) is 5.91 Å². The summed E-state index contributed by atoms with van der Waals surface area (Å²) in [5.74, 6) is -1.51. The molecule has 3 N–H and O–H groups in total. The van der Waals surface area contributed by atoms with Crippen LogP contribution in [0.15, 0.2) is 0 Å². The summed E-state index contributed by atoms with van der Waals surface area (Å²) >= 11 is 0. The third-order valence-electron chi connectivity index (χ3n) is 3.75. The summed E-state index contributed by atoms with van der Waals surface area (Å²) in [4.78, 5) is 34.0. The fraction of sp³-hybridized carbons (Fsp3) is 0.700. The van der Waals surface area contributed by atoms with Crippen molar-refractivity contribution in [1.82, 2.24) is 10.6 Å². The molecular weight excluding hydrogens is 212 g/mol. The predicted octanol–water partition coefficient (Wildman–Crippen LogP) is 0.0854. The molecule has 1 saturated carbocycles. The Morgan fingerprint density at radius 2 is 2.12 bits per heavy atom. The van der Waals surface area contributed by atoms with Crippen LogP contribution < -0.4 is 10.6 Å². The Morgan fingerprint density at radius 3 is 2.50 bits per heavy atom. The number of urea groups is 1. The van der Waals surface area contributed by atoms with E-state index in [4.69, 9.17) is 5.11 Å². The zero-order valence-corrected chi connectivity index (χ0v) is 9.16. The van der Waals surface area contributed by atoms with Crippen molar-refractivity contribution in [3.8, 4) is 0 Å². The maximum Gasteiger partial charge on any atom is 0.322 e. The molecule has 2 rings (SSSR count). The van der Waals surface area contributed by atoms with Crippen LogP contribution in [0.4, 0.5) is 4.79 Å². The van der Waals surface area contributed by atoms with Crippen LogP contribution in [-0.2, 0) is 9.59 Å². The van der Waals surface area contributed by atoms with Crippen LogP contribution >= 0.6 is 0 Å². The van der Waals surface area contributed by atoms with Crippen molar-refractivity contribution in [3.05, 3.63) is 0 Å². The normalized spacial score (nSPS) is 42.2. The van der Waals surface area contributed by atoms with Gasteiger partial charge in [-0.15, -0.1) is 0 Å². The number of hydrogen-bond donors (Lipinski definition) is 3. The molecule has 6 heteroatoms. The lowest BCUT2D eigenvalue weighted by atomic mass is 9.85. The van der Waals surface area contributed by atoms with Gasteiger partial charge in [-0.3, -0.25) is 14.9 Å². The van der Waals surface area contributed by atoms with Crippen molar-refractivity contribution in [2.75, 3.05) is 0 Å². The molecule has 0 radical (unpaired) electrons. The van der Waals surface area contributed by atoms with Crippen molar-refractivity contribution in [3.63, 3.8) is 0 Å². The summed E-state index contributed by atoms with van der Waals surface area (Å²) in [7, 11) is 0. The maximum atomic E-state index is 11.7. The topological polar surface area (TPSA) is 95.5 Å². The highest BCUT2D eigenvalue weighted by atomic mass is 16.4. The minimum Gasteiger partial charge on any atom is -0.481 e. The molecule has 1 aliphatic heterocycles. The van der Waals surface area contributed by atoms with Gasteiger partial charge in [-0.2, -0.15) is 0 Å². The van der Waals surface area contributed by atoms with E-state index in [1.165, 1.54) is 0 Å². The molecule has 2 aliphatic rings. The Kier molecular flexibility index (Phi) is 2.02. The number of carbonyl (C=O) groups is 3. The quantitative estimate of drug-likeness (QED) is 0.552. The summed E-state index contributed by atoms with van der Waals surface area (Å²) in [5.41, 5.74) is -1.99. The number of carbonyl (C=O) groups excluding carboxylic acids is 2. The molecule has 3 atom stereocenters. The van der Waals surface area contributed by atoms with Crippen LogP contribution in [0.1, 0.15) is 26.7 Å². The zero-order valence-electron chi connectivity index (χ0n) is 9.16. The standard InChI is InChI=1S/C10H14N2O4/c1-5-3-9(2,7(14)15)4-10(5)6(13)11-8(16)12-10/h5H,3-4H2,1-2H3,(H,14,15)(H2,11,12,13,16)/t5-,9-,10+/m0/s1. The Hall–Kier alpha value is -1.59. The van der Waals surface area contributed by atoms with Gasteiger partial charge in [0.1, 0.15) is 5.54 Å². The number of carboxylic acid groups (broad SMARTS) is 1. The van der Waals surface area contributed by atoms with Crippen molar-refractivity contribution in [2.45, 2.75) is 32.2 Å². The van der Waals surface area contributed by atoms with E-state index in [-0.39, 0.29) is 12.3 Å². The minimum atomic E-state index is -1.04. The van der Waals surface area contributed by atoms with E-state index in [0.29, 0.717) is 6.42 Å². The van der Waals surface area contributed by atoms with Gasteiger partial charge < -0.3 is 10.4 Å². The average Bonchev–Trinajstić information content (AvgIpc) is 2.54. The molecule has 88 valence electrons. The highest BCUT2D eigenvalue weighted by Gasteiger charge is 2.61. The highest BCUT2D eigenvalue weighted by Crippen LogP contribution is 2.49. The Morgan fingerprint density at radius 1 is 1.50 bits per heavy atom. The number of hydrogen-bond acceptors (Lipinski definition) is 3. The molecule has 0 unspecified atom stereocenters. The molecule has 0 bridgehead atoms. The molecule has 1 spiro atoms. The number of aliphatic carboxylic acids is 1. The van der Waals surface area contributed by atoms with E-state index in [2.05, 4.69) is 10.6 Å². The first kappa shape index (κ1) is 10.9. The molecule has 1 heterocycles. The molecule has 2 fully saturated rings. The first-order chi connectivity index (χ1) is 7.30. The number of amides is 3. The maximum absolute atomic E-state index is 11.7. The first-order valence-electron chi connectivity index (χ1n) is 5.17. The monoisotopic (exact) mass is 226 g/mol.